The summed E-state index contributed by atoms with van der Waals surface area (Å²) in [6.45, 7) is 3.41. The van der Waals surface area contributed by atoms with Crippen LogP contribution < -0.4 is 4.90 Å². The molecule has 0 amide bonds. The maximum Gasteiger partial charge on any atom is 0.266 e. The number of benzene rings is 1. The van der Waals surface area contributed by atoms with Gasteiger partial charge in [0.15, 0.2) is 5.78 Å². The van der Waals surface area contributed by atoms with Gasteiger partial charge in [-0.1, -0.05) is 10.7 Å². The van der Waals surface area contributed by atoms with Crippen LogP contribution in [0.4, 0.5) is 14.7 Å². The van der Waals surface area contributed by atoms with E-state index < -0.39 is 17.4 Å². The summed E-state index contributed by atoms with van der Waals surface area (Å²) in [5.74, 6) is -1.54. The predicted molar refractivity (Wildman–Crippen MR) is 105 cm³/mol. The van der Waals surface area contributed by atoms with Crippen LogP contribution in [-0.4, -0.2) is 49.0 Å². The van der Waals surface area contributed by atoms with Gasteiger partial charge in [-0.2, -0.15) is 4.80 Å². The van der Waals surface area contributed by atoms with Crippen molar-refractivity contribution in [1.82, 2.24) is 30.2 Å². The lowest BCUT2D eigenvalue weighted by atomic mass is 9.99. The molecule has 0 spiro atoms. The van der Waals surface area contributed by atoms with Crippen LogP contribution in [0.15, 0.2) is 36.2 Å². The summed E-state index contributed by atoms with van der Waals surface area (Å²) < 4.78 is 26.8. The first kappa shape index (κ1) is 19.7. The van der Waals surface area contributed by atoms with E-state index in [4.69, 9.17) is 0 Å². The molecule has 1 aliphatic rings. The second kappa shape index (κ2) is 8.05. The number of anilines is 1. The van der Waals surface area contributed by atoms with E-state index in [0.717, 1.165) is 30.7 Å². The lowest BCUT2D eigenvalue weighted by molar-refractivity contribution is 0.0988. The molecule has 8 nitrogen and oxygen atoms in total. The Morgan fingerprint density at radius 2 is 2.03 bits per heavy atom. The number of carbonyl (C=O) groups is 1. The third kappa shape index (κ3) is 4.07. The molecule has 0 saturated heterocycles. The summed E-state index contributed by atoms with van der Waals surface area (Å²) in [4.78, 5) is 24.5. The zero-order chi connectivity index (χ0) is 21.3. The summed E-state index contributed by atoms with van der Waals surface area (Å²) in [6, 6.07) is 2.89. The topological polar surface area (TPSA) is 89.7 Å². The molecule has 0 N–H and O–H groups in total. The van der Waals surface area contributed by atoms with Crippen molar-refractivity contribution >= 4 is 17.3 Å². The van der Waals surface area contributed by atoms with Crippen molar-refractivity contribution in [3.8, 4) is 0 Å². The van der Waals surface area contributed by atoms with Crippen molar-refractivity contribution in [3.05, 3.63) is 64.8 Å². The second-order valence-electron chi connectivity index (χ2n) is 7.13. The Kier molecular flexibility index (Phi) is 5.30. The minimum Gasteiger partial charge on any atom is -0.333 e. The number of carbonyl (C=O) groups excluding carboxylic acids is 1. The monoisotopic (exact) mass is 411 g/mol. The molecule has 30 heavy (non-hydrogen) atoms. The number of rotatable bonds is 5. The minimum atomic E-state index is -0.884. The van der Waals surface area contributed by atoms with Gasteiger partial charge in [0.2, 0.25) is 0 Å². The SMILES string of the molecule is CC1=C(c2cnc(CC(=O)c3ccc(F)cc3F)cn2)CN(c2nnn(C)n2)CC1. The number of nitrogens with zero attached hydrogens (tertiary/aromatic N) is 7. The van der Waals surface area contributed by atoms with E-state index in [0.29, 0.717) is 29.9 Å². The molecule has 0 fully saturated rings. The Hall–Kier alpha value is -3.56. The van der Waals surface area contributed by atoms with Gasteiger partial charge in [0.25, 0.3) is 5.95 Å². The zero-order valence-corrected chi connectivity index (χ0v) is 16.5. The van der Waals surface area contributed by atoms with E-state index >= 15 is 0 Å². The highest BCUT2D eigenvalue weighted by molar-refractivity contribution is 5.97. The van der Waals surface area contributed by atoms with Crippen molar-refractivity contribution in [3.63, 3.8) is 0 Å². The lowest BCUT2D eigenvalue weighted by Crippen LogP contribution is -2.32. The Morgan fingerprint density at radius 1 is 1.20 bits per heavy atom. The van der Waals surface area contributed by atoms with Crippen molar-refractivity contribution in [2.24, 2.45) is 7.05 Å². The Morgan fingerprint density at radius 3 is 2.70 bits per heavy atom. The molecule has 3 heterocycles. The van der Waals surface area contributed by atoms with E-state index in [-0.39, 0.29) is 12.0 Å². The van der Waals surface area contributed by atoms with E-state index in [2.05, 4.69) is 25.4 Å². The molecule has 0 aliphatic carbocycles. The first-order valence-corrected chi connectivity index (χ1v) is 9.38. The molecular formula is C20H19F2N7O. The number of hydrogen-bond donors (Lipinski definition) is 0. The first-order valence-electron chi connectivity index (χ1n) is 9.38. The molecule has 154 valence electrons. The van der Waals surface area contributed by atoms with Gasteiger partial charge in [-0.25, -0.2) is 8.78 Å². The molecule has 1 aliphatic heterocycles. The van der Waals surface area contributed by atoms with Crippen LogP contribution >= 0.6 is 0 Å². The molecule has 0 saturated carbocycles. The molecule has 1 aromatic carbocycles. The van der Waals surface area contributed by atoms with Crippen LogP contribution in [0.2, 0.25) is 0 Å². The maximum absolute atomic E-state index is 13.8. The van der Waals surface area contributed by atoms with Crippen LogP contribution in [0.3, 0.4) is 0 Å². The summed E-state index contributed by atoms with van der Waals surface area (Å²) in [6.07, 6.45) is 3.83. The molecule has 4 rings (SSSR count). The summed E-state index contributed by atoms with van der Waals surface area (Å²) in [5, 5.41) is 12.2. The van der Waals surface area contributed by atoms with Crippen LogP contribution in [0, 0.1) is 11.6 Å². The van der Waals surface area contributed by atoms with Crippen LogP contribution in [0.5, 0.6) is 0 Å². The average molecular weight is 411 g/mol. The highest BCUT2D eigenvalue weighted by Gasteiger charge is 2.22. The number of tetrazole rings is 1. The van der Waals surface area contributed by atoms with Gasteiger partial charge in [-0.05, 0) is 36.3 Å². The van der Waals surface area contributed by atoms with Crippen molar-refractivity contribution < 1.29 is 13.6 Å². The fraction of sp³-hybridized carbons (Fsp3) is 0.300. The van der Waals surface area contributed by atoms with Crippen molar-refractivity contribution in [2.75, 3.05) is 18.0 Å². The first-order chi connectivity index (χ1) is 14.4. The van der Waals surface area contributed by atoms with Crippen LogP contribution in [0.25, 0.3) is 5.57 Å². The van der Waals surface area contributed by atoms with E-state index in [1.807, 2.05) is 11.8 Å². The van der Waals surface area contributed by atoms with Gasteiger partial charge in [-0.15, -0.1) is 5.10 Å². The third-order valence-corrected chi connectivity index (χ3v) is 4.99. The van der Waals surface area contributed by atoms with Crippen molar-refractivity contribution in [1.29, 1.82) is 0 Å². The quantitative estimate of drug-likeness (QED) is 0.596. The molecule has 0 atom stereocenters. The number of ketones is 1. The maximum atomic E-state index is 13.8. The van der Waals surface area contributed by atoms with Gasteiger partial charge in [0.05, 0.1) is 36.6 Å². The standard InChI is InChI=1S/C20H19F2N7O/c1-12-5-6-29(20-25-27-28(2)26-20)11-16(12)18-10-23-14(9-24-18)8-19(30)15-4-3-13(21)7-17(15)22/h3-4,7,9-10H,5-6,8,11H2,1-2H3. The number of aromatic nitrogens is 6. The molecule has 0 bridgehead atoms. The van der Waals surface area contributed by atoms with E-state index in [1.165, 1.54) is 16.6 Å². The summed E-state index contributed by atoms with van der Waals surface area (Å²) in [5.41, 5.74) is 3.16. The van der Waals surface area contributed by atoms with Gasteiger partial charge in [0, 0.05) is 25.4 Å². The summed E-state index contributed by atoms with van der Waals surface area (Å²) >= 11 is 0. The highest BCUT2D eigenvalue weighted by atomic mass is 19.1. The van der Waals surface area contributed by atoms with E-state index in [9.17, 15) is 13.6 Å². The number of Topliss-reactive ketones (excluding diaryl/α,β-unsaturated/α-hetero) is 1. The van der Waals surface area contributed by atoms with Crippen LogP contribution in [-0.2, 0) is 13.5 Å². The number of halogens is 2. The average Bonchev–Trinajstić information content (AvgIpc) is 3.15. The fourth-order valence-electron chi connectivity index (χ4n) is 3.31. The fourth-order valence-corrected chi connectivity index (χ4v) is 3.31. The van der Waals surface area contributed by atoms with Gasteiger partial charge < -0.3 is 4.90 Å². The molecule has 0 unspecified atom stereocenters. The third-order valence-electron chi connectivity index (χ3n) is 4.99. The van der Waals surface area contributed by atoms with Crippen LogP contribution in [0.1, 0.15) is 35.1 Å². The minimum absolute atomic E-state index is 0.122. The zero-order valence-electron chi connectivity index (χ0n) is 16.5. The van der Waals surface area contributed by atoms with Crippen molar-refractivity contribution in [2.45, 2.75) is 19.8 Å². The molecule has 0 radical (unpaired) electrons. The Balaban J connectivity index is 1.49. The molecule has 10 heteroatoms. The van der Waals surface area contributed by atoms with E-state index in [1.54, 1.807) is 13.2 Å². The molecule has 2 aromatic heterocycles. The van der Waals surface area contributed by atoms with Gasteiger partial charge >= 0.3 is 0 Å². The predicted octanol–water partition coefficient (Wildman–Crippen LogP) is 2.39. The van der Waals surface area contributed by atoms with Gasteiger partial charge in [0.1, 0.15) is 11.6 Å². The molecule has 3 aromatic rings. The summed E-state index contributed by atoms with van der Waals surface area (Å²) in [7, 11) is 1.71. The Bertz CT molecular complexity index is 1120. The second-order valence-corrected chi connectivity index (χ2v) is 7.13. The number of aryl methyl sites for hydroxylation is 1. The van der Waals surface area contributed by atoms with Gasteiger partial charge in [-0.3, -0.25) is 14.8 Å². The highest BCUT2D eigenvalue weighted by Crippen LogP contribution is 2.26. The largest absolute Gasteiger partial charge is 0.333 e. The normalized spacial score (nSPS) is 14.3. The Labute approximate surface area is 171 Å². The smallest absolute Gasteiger partial charge is 0.266 e. The number of hydrogen-bond acceptors (Lipinski definition) is 7. The lowest BCUT2D eigenvalue weighted by Gasteiger charge is -2.28. The molecular weight excluding hydrogens is 392 g/mol.